The van der Waals surface area contributed by atoms with Crippen molar-refractivity contribution in [2.45, 2.75) is 24.5 Å². The SMILES string of the molecule is Cc1ccc(-c2csc(N3CCN(S(=O)(=O)C4(C(=O)NO)CCOCC4)CC3)n2)cc1. The second-order valence-corrected chi connectivity index (χ2v) is 10.9. The lowest BCUT2D eigenvalue weighted by molar-refractivity contribution is -0.134. The van der Waals surface area contributed by atoms with Gasteiger partial charge in [0.1, 0.15) is 0 Å². The maximum atomic E-state index is 13.4. The molecule has 1 amide bonds. The number of aromatic nitrogens is 1. The van der Waals surface area contributed by atoms with E-state index < -0.39 is 20.7 Å². The van der Waals surface area contributed by atoms with E-state index in [0.717, 1.165) is 16.4 Å². The van der Waals surface area contributed by atoms with Gasteiger partial charge in [0.25, 0.3) is 5.91 Å². The normalized spacial score (nSPS) is 19.9. The van der Waals surface area contributed by atoms with E-state index in [9.17, 15) is 18.4 Å². The average Bonchev–Trinajstić information content (AvgIpc) is 3.29. The van der Waals surface area contributed by atoms with Gasteiger partial charge in [0.05, 0.1) is 5.69 Å². The summed E-state index contributed by atoms with van der Waals surface area (Å²) < 4.78 is 31.7. The molecule has 0 atom stereocenters. The molecule has 1 aromatic carbocycles. The molecule has 1 aromatic heterocycles. The maximum Gasteiger partial charge on any atom is 0.266 e. The Hall–Kier alpha value is -2.05. The smallest absolute Gasteiger partial charge is 0.266 e. The summed E-state index contributed by atoms with van der Waals surface area (Å²) in [6.45, 7) is 3.83. The minimum Gasteiger partial charge on any atom is -0.381 e. The van der Waals surface area contributed by atoms with Gasteiger partial charge in [0.2, 0.25) is 10.0 Å². The van der Waals surface area contributed by atoms with Gasteiger partial charge < -0.3 is 9.64 Å². The number of aryl methyl sites for hydroxylation is 1. The summed E-state index contributed by atoms with van der Waals surface area (Å²) in [5, 5.41) is 12.0. The standard InChI is InChI=1S/C20H26N4O5S2/c1-15-2-4-16(5-3-15)17-14-30-19(21-17)23-8-10-24(11-9-23)31(27,28)20(18(25)22-26)6-12-29-13-7-20/h2-5,14,26H,6-13H2,1H3,(H,22,25). The number of ether oxygens (including phenoxy) is 1. The van der Waals surface area contributed by atoms with Crippen LogP contribution in [0.1, 0.15) is 18.4 Å². The van der Waals surface area contributed by atoms with Crippen molar-refractivity contribution in [3.05, 3.63) is 35.2 Å². The molecule has 9 nitrogen and oxygen atoms in total. The van der Waals surface area contributed by atoms with Gasteiger partial charge in [-0.2, -0.15) is 4.31 Å². The molecule has 2 aliphatic heterocycles. The van der Waals surface area contributed by atoms with Crippen LogP contribution in [0.4, 0.5) is 5.13 Å². The van der Waals surface area contributed by atoms with Crippen LogP contribution in [0.2, 0.25) is 0 Å². The highest BCUT2D eigenvalue weighted by molar-refractivity contribution is 7.91. The lowest BCUT2D eigenvalue weighted by atomic mass is 9.98. The number of nitrogens with one attached hydrogen (secondary N) is 1. The molecule has 2 fully saturated rings. The van der Waals surface area contributed by atoms with Gasteiger partial charge in [-0.05, 0) is 6.92 Å². The summed E-state index contributed by atoms with van der Waals surface area (Å²) in [6, 6.07) is 8.18. The van der Waals surface area contributed by atoms with E-state index in [2.05, 4.69) is 4.90 Å². The molecule has 0 spiro atoms. The second-order valence-electron chi connectivity index (χ2n) is 7.82. The first-order valence-electron chi connectivity index (χ1n) is 10.2. The van der Waals surface area contributed by atoms with Crippen molar-refractivity contribution < 1.29 is 23.2 Å². The van der Waals surface area contributed by atoms with E-state index in [0.29, 0.717) is 13.1 Å². The first-order valence-corrected chi connectivity index (χ1v) is 12.5. The number of benzene rings is 1. The van der Waals surface area contributed by atoms with Gasteiger partial charge in [-0.25, -0.2) is 18.9 Å². The Morgan fingerprint density at radius 3 is 2.42 bits per heavy atom. The number of carbonyl (C=O) groups is 1. The Morgan fingerprint density at radius 2 is 1.81 bits per heavy atom. The third kappa shape index (κ3) is 4.08. The molecular weight excluding hydrogens is 440 g/mol. The Morgan fingerprint density at radius 1 is 1.16 bits per heavy atom. The Balaban J connectivity index is 1.47. The zero-order valence-corrected chi connectivity index (χ0v) is 18.9. The van der Waals surface area contributed by atoms with E-state index in [-0.39, 0.29) is 39.1 Å². The van der Waals surface area contributed by atoms with Gasteiger partial charge in [-0.3, -0.25) is 10.0 Å². The van der Waals surface area contributed by atoms with E-state index in [1.807, 2.05) is 36.6 Å². The fourth-order valence-electron chi connectivity index (χ4n) is 4.04. The summed E-state index contributed by atoms with van der Waals surface area (Å²) >= 11 is 1.53. The zero-order valence-electron chi connectivity index (χ0n) is 17.3. The number of piperazine rings is 1. The minimum atomic E-state index is -3.97. The molecule has 11 heteroatoms. The van der Waals surface area contributed by atoms with Crippen LogP contribution in [0.25, 0.3) is 11.3 Å². The molecule has 3 heterocycles. The Bertz CT molecular complexity index is 1020. The monoisotopic (exact) mass is 466 g/mol. The predicted octanol–water partition coefficient (Wildman–Crippen LogP) is 1.62. The van der Waals surface area contributed by atoms with Crippen LogP contribution in [-0.2, 0) is 19.6 Å². The van der Waals surface area contributed by atoms with E-state index in [4.69, 9.17) is 9.72 Å². The predicted molar refractivity (Wildman–Crippen MR) is 118 cm³/mol. The number of sulfonamides is 1. The third-order valence-electron chi connectivity index (χ3n) is 6.00. The second kappa shape index (κ2) is 8.83. The van der Waals surface area contributed by atoms with Gasteiger partial charge in [-0.15, -0.1) is 11.3 Å². The number of hydrogen-bond acceptors (Lipinski definition) is 8. The lowest BCUT2D eigenvalue weighted by Crippen LogP contribution is -2.62. The van der Waals surface area contributed by atoms with Crippen LogP contribution in [0.15, 0.2) is 29.6 Å². The number of hydrogen-bond donors (Lipinski definition) is 2. The zero-order chi connectivity index (χ0) is 22.1. The van der Waals surface area contributed by atoms with E-state index in [1.54, 1.807) is 5.48 Å². The van der Waals surface area contributed by atoms with Crippen molar-refractivity contribution in [2.24, 2.45) is 0 Å². The summed E-state index contributed by atoms with van der Waals surface area (Å²) in [4.78, 5) is 19.2. The molecule has 0 bridgehead atoms. The highest BCUT2D eigenvalue weighted by Gasteiger charge is 2.54. The number of thiazole rings is 1. The number of carbonyl (C=O) groups excluding carboxylic acids is 1. The number of rotatable bonds is 5. The molecule has 0 radical (unpaired) electrons. The first-order chi connectivity index (χ1) is 14.9. The van der Waals surface area contributed by atoms with E-state index in [1.165, 1.54) is 21.2 Å². The fourth-order valence-corrected chi connectivity index (χ4v) is 7.03. The highest BCUT2D eigenvalue weighted by Crippen LogP contribution is 2.34. The van der Waals surface area contributed by atoms with Gasteiger partial charge in [0.15, 0.2) is 9.88 Å². The van der Waals surface area contributed by atoms with Crippen molar-refractivity contribution in [1.82, 2.24) is 14.8 Å². The summed E-state index contributed by atoms with van der Waals surface area (Å²) in [7, 11) is -3.97. The Labute approximate surface area is 185 Å². The number of hydroxylamine groups is 1. The molecular formula is C20H26N4O5S2. The molecule has 168 valence electrons. The molecule has 0 unspecified atom stereocenters. The molecule has 2 aliphatic rings. The quantitative estimate of drug-likeness (QED) is 0.509. The van der Waals surface area contributed by atoms with Crippen molar-refractivity contribution in [2.75, 3.05) is 44.3 Å². The Kier molecular flexibility index (Phi) is 6.31. The summed E-state index contributed by atoms with van der Waals surface area (Å²) in [5.74, 6) is -0.888. The molecule has 2 N–H and O–H groups in total. The lowest BCUT2D eigenvalue weighted by Gasteiger charge is -2.41. The average molecular weight is 467 g/mol. The van der Waals surface area contributed by atoms with Crippen LogP contribution in [0.5, 0.6) is 0 Å². The molecule has 31 heavy (non-hydrogen) atoms. The van der Waals surface area contributed by atoms with Crippen molar-refractivity contribution in [3.63, 3.8) is 0 Å². The topological polar surface area (TPSA) is 112 Å². The van der Waals surface area contributed by atoms with Crippen LogP contribution < -0.4 is 10.4 Å². The van der Waals surface area contributed by atoms with E-state index >= 15 is 0 Å². The molecule has 4 rings (SSSR count). The molecule has 0 aliphatic carbocycles. The van der Waals surface area contributed by atoms with Gasteiger partial charge in [-0.1, -0.05) is 29.8 Å². The summed E-state index contributed by atoms with van der Waals surface area (Å²) in [5.41, 5.74) is 4.69. The minimum absolute atomic E-state index is 0.0222. The molecule has 2 saturated heterocycles. The van der Waals surface area contributed by atoms with Crippen molar-refractivity contribution >= 4 is 32.4 Å². The van der Waals surface area contributed by atoms with Gasteiger partial charge in [0, 0.05) is 63.2 Å². The van der Waals surface area contributed by atoms with Gasteiger partial charge >= 0.3 is 0 Å². The van der Waals surface area contributed by atoms with Crippen LogP contribution in [-0.4, -0.2) is 73.0 Å². The highest BCUT2D eigenvalue weighted by atomic mass is 32.2. The summed E-state index contributed by atoms with van der Waals surface area (Å²) in [6.07, 6.45) is 0.0443. The largest absolute Gasteiger partial charge is 0.381 e. The molecule has 2 aromatic rings. The molecule has 0 saturated carbocycles. The number of anilines is 1. The first kappa shape index (κ1) is 22.2. The van der Waals surface area contributed by atoms with Crippen LogP contribution in [0.3, 0.4) is 0 Å². The van der Waals surface area contributed by atoms with Crippen LogP contribution in [0, 0.1) is 6.92 Å². The van der Waals surface area contributed by atoms with Crippen molar-refractivity contribution in [3.8, 4) is 11.3 Å². The van der Waals surface area contributed by atoms with Crippen molar-refractivity contribution in [1.29, 1.82) is 0 Å². The maximum absolute atomic E-state index is 13.4. The third-order valence-corrected chi connectivity index (χ3v) is 9.53. The van der Waals surface area contributed by atoms with Crippen LogP contribution >= 0.6 is 11.3 Å². The fraction of sp³-hybridized carbons (Fsp3) is 0.500. The number of amides is 1. The number of nitrogens with zero attached hydrogens (tertiary/aromatic N) is 3.